The molecule has 1 aliphatic carbocycles. The minimum absolute atomic E-state index is 0.0963. The minimum Gasteiger partial charge on any atom is -0.376 e. The molecule has 106 valence electrons. The highest BCUT2D eigenvalue weighted by molar-refractivity contribution is 5.23. The standard InChI is InChI=1S/C16H26N2O/c1-12-9-13(11-18-10-12)14(17)16(19-4)7-5-15(2,3)6-8-16/h9-11,14H,5-8,17H2,1-4H3. The second-order valence-corrected chi connectivity index (χ2v) is 6.71. The lowest BCUT2D eigenvalue weighted by molar-refractivity contribution is -0.0795. The maximum Gasteiger partial charge on any atom is 0.0871 e. The van der Waals surface area contributed by atoms with E-state index in [4.69, 9.17) is 10.5 Å². The van der Waals surface area contributed by atoms with Crippen LogP contribution in [0.3, 0.4) is 0 Å². The first kappa shape index (κ1) is 14.5. The van der Waals surface area contributed by atoms with Crippen LogP contribution in [0.4, 0.5) is 0 Å². The van der Waals surface area contributed by atoms with E-state index in [1.165, 1.54) is 0 Å². The highest BCUT2D eigenvalue weighted by atomic mass is 16.5. The molecular formula is C16H26N2O. The van der Waals surface area contributed by atoms with E-state index in [1.807, 2.05) is 19.3 Å². The summed E-state index contributed by atoms with van der Waals surface area (Å²) in [5.41, 5.74) is 8.92. The number of rotatable bonds is 3. The first-order chi connectivity index (χ1) is 8.88. The van der Waals surface area contributed by atoms with Crippen molar-refractivity contribution in [2.45, 2.75) is 58.1 Å². The number of methoxy groups -OCH3 is 1. The van der Waals surface area contributed by atoms with Gasteiger partial charge in [-0.25, -0.2) is 0 Å². The van der Waals surface area contributed by atoms with Gasteiger partial charge >= 0.3 is 0 Å². The van der Waals surface area contributed by atoms with Crippen molar-refractivity contribution in [1.29, 1.82) is 0 Å². The molecular weight excluding hydrogens is 236 g/mol. The molecule has 1 fully saturated rings. The van der Waals surface area contributed by atoms with Gasteiger partial charge in [0.25, 0.3) is 0 Å². The summed E-state index contributed by atoms with van der Waals surface area (Å²) in [6, 6.07) is 2.03. The number of nitrogens with two attached hydrogens (primary N) is 1. The smallest absolute Gasteiger partial charge is 0.0871 e. The van der Waals surface area contributed by atoms with Gasteiger partial charge in [-0.2, -0.15) is 0 Å². The summed E-state index contributed by atoms with van der Waals surface area (Å²) in [7, 11) is 1.79. The van der Waals surface area contributed by atoms with Crippen LogP contribution in [-0.4, -0.2) is 17.7 Å². The average molecular weight is 262 g/mol. The van der Waals surface area contributed by atoms with Crippen molar-refractivity contribution in [3.05, 3.63) is 29.6 Å². The van der Waals surface area contributed by atoms with Gasteiger partial charge in [-0.1, -0.05) is 19.9 Å². The lowest BCUT2D eigenvalue weighted by atomic mass is 9.67. The molecule has 2 N–H and O–H groups in total. The molecule has 1 unspecified atom stereocenters. The van der Waals surface area contributed by atoms with Crippen molar-refractivity contribution in [1.82, 2.24) is 4.98 Å². The van der Waals surface area contributed by atoms with E-state index >= 15 is 0 Å². The Hall–Kier alpha value is -0.930. The normalized spacial score (nSPS) is 23.0. The molecule has 0 aromatic carbocycles. The number of ether oxygens (including phenoxy) is 1. The van der Waals surface area contributed by atoms with Gasteiger partial charge in [0.15, 0.2) is 0 Å². The maximum absolute atomic E-state index is 6.51. The summed E-state index contributed by atoms with van der Waals surface area (Å²) in [6.45, 7) is 6.70. The SMILES string of the molecule is COC1(C(N)c2cncc(C)c2)CCC(C)(C)CC1. The Kier molecular flexibility index (Phi) is 3.98. The summed E-state index contributed by atoms with van der Waals surface area (Å²) < 4.78 is 5.88. The van der Waals surface area contributed by atoms with Crippen LogP contribution in [0.5, 0.6) is 0 Å². The summed E-state index contributed by atoms with van der Waals surface area (Å²) in [5, 5.41) is 0. The summed E-state index contributed by atoms with van der Waals surface area (Å²) in [6.07, 6.45) is 8.09. The monoisotopic (exact) mass is 262 g/mol. The summed E-state index contributed by atoms with van der Waals surface area (Å²) >= 11 is 0. The fourth-order valence-corrected chi connectivity index (χ4v) is 3.04. The van der Waals surface area contributed by atoms with Gasteiger partial charge in [-0.3, -0.25) is 4.98 Å². The molecule has 0 bridgehead atoms. The Balaban J connectivity index is 2.22. The molecule has 1 heterocycles. The first-order valence-corrected chi connectivity index (χ1v) is 7.11. The summed E-state index contributed by atoms with van der Waals surface area (Å²) in [5.74, 6) is 0. The van der Waals surface area contributed by atoms with E-state index in [0.717, 1.165) is 36.8 Å². The Morgan fingerprint density at radius 3 is 2.37 bits per heavy atom. The lowest BCUT2D eigenvalue weighted by Crippen LogP contribution is -2.47. The van der Waals surface area contributed by atoms with Crippen LogP contribution in [0.2, 0.25) is 0 Å². The van der Waals surface area contributed by atoms with E-state index in [9.17, 15) is 0 Å². The third-order valence-corrected chi connectivity index (χ3v) is 4.68. The van der Waals surface area contributed by atoms with Crippen molar-refractivity contribution in [2.75, 3.05) is 7.11 Å². The molecule has 1 aliphatic rings. The number of hydrogen-bond donors (Lipinski definition) is 1. The molecule has 0 radical (unpaired) electrons. The molecule has 0 aliphatic heterocycles. The lowest BCUT2D eigenvalue weighted by Gasteiger charge is -2.46. The largest absolute Gasteiger partial charge is 0.376 e. The summed E-state index contributed by atoms with van der Waals surface area (Å²) in [4.78, 5) is 4.26. The Morgan fingerprint density at radius 2 is 1.84 bits per heavy atom. The number of nitrogens with zero attached hydrogens (tertiary/aromatic N) is 1. The second-order valence-electron chi connectivity index (χ2n) is 6.71. The minimum atomic E-state index is -0.231. The molecule has 3 heteroatoms. The molecule has 3 nitrogen and oxygen atoms in total. The molecule has 1 saturated carbocycles. The van der Waals surface area contributed by atoms with Crippen LogP contribution in [0.1, 0.15) is 56.7 Å². The fraction of sp³-hybridized carbons (Fsp3) is 0.688. The van der Waals surface area contributed by atoms with E-state index < -0.39 is 0 Å². The van der Waals surface area contributed by atoms with Crippen molar-refractivity contribution in [2.24, 2.45) is 11.1 Å². The Bertz CT molecular complexity index is 432. The van der Waals surface area contributed by atoms with E-state index in [0.29, 0.717) is 5.41 Å². The number of hydrogen-bond acceptors (Lipinski definition) is 3. The highest BCUT2D eigenvalue weighted by Gasteiger charge is 2.43. The van der Waals surface area contributed by atoms with Crippen LogP contribution < -0.4 is 5.73 Å². The zero-order chi connectivity index (χ0) is 14.1. The van der Waals surface area contributed by atoms with E-state index in [2.05, 4.69) is 24.9 Å². The van der Waals surface area contributed by atoms with E-state index in [-0.39, 0.29) is 11.6 Å². The van der Waals surface area contributed by atoms with Gasteiger partial charge in [0.2, 0.25) is 0 Å². The van der Waals surface area contributed by atoms with Gasteiger partial charge in [-0.05, 0) is 49.1 Å². The van der Waals surface area contributed by atoms with Crippen molar-refractivity contribution >= 4 is 0 Å². The molecule has 1 atom stereocenters. The zero-order valence-corrected chi connectivity index (χ0v) is 12.6. The van der Waals surface area contributed by atoms with Gasteiger partial charge in [0, 0.05) is 19.5 Å². The third kappa shape index (κ3) is 2.98. The molecule has 0 spiro atoms. The van der Waals surface area contributed by atoms with Gasteiger partial charge < -0.3 is 10.5 Å². The predicted molar refractivity (Wildman–Crippen MR) is 77.9 cm³/mol. The number of aryl methyl sites for hydroxylation is 1. The predicted octanol–water partition coefficient (Wildman–Crippen LogP) is 3.38. The van der Waals surface area contributed by atoms with Crippen LogP contribution in [0, 0.1) is 12.3 Å². The van der Waals surface area contributed by atoms with Gasteiger partial charge in [0.05, 0.1) is 11.6 Å². The second kappa shape index (κ2) is 5.22. The maximum atomic E-state index is 6.51. The van der Waals surface area contributed by atoms with Crippen molar-refractivity contribution < 1.29 is 4.74 Å². The average Bonchev–Trinajstić information content (AvgIpc) is 2.39. The number of aromatic nitrogens is 1. The highest BCUT2D eigenvalue weighted by Crippen LogP contribution is 2.46. The molecule has 19 heavy (non-hydrogen) atoms. The quantitative estimate of drug-likeness (QED) is 0.908. The van der Waals surface area contributed by atoms with Crippen LogP contribution in [-0.2, 0) is 4.74 Å². The molecule has 1 aromatic rings. The van der Waals surface area contributed by atoms with Crippen molar-refractivity contribution in [3.63, 3.8) is 0 Å². The Morgan fingerprint density at radius 1 is 1.21 bits per heavy atom. The van der Waals surface area contributed by atoms with E-state index in [1.54, 1.807) is 7.11 Å². The Labute approximate surface area is 116 Å². The van der Waals surface area contributed by atoms with Crippen LogP contribution in [0.25, 0.3) is 0 Å². The molecule has 1 aromatic heterocycles. The zero-order valence-electron chi connectivity index (χ0n) is 12.6. The molecule has 2 rings (SSSR count). The van der Waals surface area contributed by atoms with Gasteiger partial charge in [0.1, 0.15) is 0 Å². The first-order valence-electron chi connectivity index (χ1n) is 7.11. The molecule has 0 saturated heterocycles. The van der Waals surface area contributed by atoms with Crippen molar-refractivity contribution in [3.8, 4) is 0 Å². The topological polar surface area (TPSA) is 48.1 Å². The molecule has 0 amide bonds. The van der Waals surface area contributed by atoms with Gasteiger partial charge in [-0.15, -0.1) is 0 Å². The van der Waals surface area contributed by atoms with Crippen LogP contribution in [0.15, 0.2) is 18.5 Å². The third-order valence-electron chi connectivity index (χ3n) is 4.68. The fourth-order valence-electron chi connectivity index (χ4n) is 3.04. The van der Waals surface area contributed by atoms with Crippen LogP contribution >= 0.6 is 0 Å². The number of pyridine rings is 1.